The first-order valence-electron chi connectivity index (χ1n) is 4.75. The fourth-order valence-electron chi connectivity index (χ4n) is 1.14. The van der Waals surface area contributed by atoms with E-state index in [2.05, 4.69) is 4.74 Å². The number of methoxy groups -OCH3 is 1. The molecule has 0 aliphatic heterocycles. The van der Waals surface area contributed by atoms with Gasteiger partial charge in [-0.3, -0.25) is 4.79 Å². The molecule has 0 saturated carbocycles. The molecule has 0 atom stereocenters. The van der Waals surface area contributed by atoms with Crippen LogP contribution in [-0.2, 0) is 20.9 Å². The highest BCUT2D eigenvalue weighted by atomic mass is 16.5. The SMILES string of the molecule is COC(=O)C(C)(C)COCc1ccco1. The van der Waals surface area contributed by atoms with Crippen molar-refractivity contribution in [1.29, 1.82) is 0 Å². The molecule has 0 radical (unpaired) electrons. The standard InChI is InChI=1S/C11H16O4/c1-11(2,10(12)13-3)8-14-7-9-5-4-6-15-9/h4-6H,7-8H2,1-3H3. The van der Waals surface area contributed by atoms with E-state index in [1.807, 2.05) is 6.07 Å². The van der Waals surface area contributed by atoms with Crippen molar-refractivity contribution in [2.75, 3.05) is 13.7 Å². The second-order valence-electron chi connectivity index (χ2n) is 3.95. The topological polar surface area (TPSA) is 48.7 Å². The Morgan fingerprint density at radius 3 is 2.80 bits per heavy atom. The molecule has 0 aromatic carbocycles. The van der Waals surface area contributed by atoms with E-state index in [1.54, 1.807) is 26.2 Å². The number of furan rings is 1. The van der Waals surface area contributed by atoms with E-state index < -0.39 is 5.41 Å². The minimum Gasteiger partial charge on any atom is -0.469 e. The van der Waals surface area contributed by atoms with Crippen LogP contribution in [0.1, 0.15) is 19.6 Å². The van der Waals surface area contributed by atoms with E-state index in [9.17, 15) is 4.79 Å². The monoisotopic (exact) mass is 212 g/mol. The Kier molecular flexibility index (Phi) is 3.91. The number of rotatable bonds is 5. The Balaban J connectivity index is 2.33. The average Bonchev–Trinajstić information content (AvgIpc) is 2.69. The maximum atomic E-state index is 11.3. The molecule has 15 heavy (non-hydrogen) atoms. The molecule has 0 unspecified atom stereocenters. The molecule has 0 bridgehead atoms. The summed E-state index contributed by atoms with van der Waals surface area (Å²) in [6.45, 7) is 4.23. The predicted octanol–water partition coefficient (Wildman–Crippen LogP) is 2.00. The van der Waals surface area contributed by atoms with Gasteiger partial charge in [0.1, 0.15) is 12.4 Å². The summed E-state index contributed by atoms with van der Waals surface area (Å²) in [4.78, 5) is 11.3. The van der Waals surface area contributed by atoms with Crippen LogP contribution in [0.15, 0.2) is 22.8 Å². The molecular formula is C11H16O4. The highest BCUT2D eigenvalue weighted by molar-refractivity contribution is 5.75. The summed E-state index contributed by atoms with van der Waals surface area (Å²) in [6, 6.07) is 3.62. The molecule has 0 spiro atoms. The van der Waals surface area contributed by atoms with E-state index in [4.69, 9.17) is 9.15 Å². The highest BCUT2D eigenvalue weighted by Gasteiger charge is 2.28. The Morgan fingerprint density at radius 2 is 2.27 bits per heavy atom. The number of hydrogen-bond acceptors (Lipinski definition) is 4. The summed E-state index contributed by atoms with van der Waals surface area (Å²) in [5.74, 6) is 0.470. The lowest BCUT2D eigenvalue weighted by atomic mass is 9.95. The normalized spacial score (nSPS) is 11.4. The van der Waals surface area contributed by atoms with Crippen molar-refractivity contribution >= 4 is 5.97 Å². The molecule has 0 fully saturated rings. The lowest BCUT2D eigenvalue weighted by molar-refractivity contribution is -0.154. The van der Waals surface area contributed by atoms with Crippen LogP contribution in [0.5, 0.6) is 0 Å². The van der Waals surface area contributed by atoms with Crippen molar-refractivity contribution in [1.82, 2.24) is 0 Å². The minimum atomic E-state index is -0.624. The van der Waals surface area contributed by atoms with E-state index >= 15 is 0 Å². The quantitative estimate of drug-likeness (QED) is 0.700. The lowest BCUT2D eigenvalue weighted by Crippen LogP contribution is -2.30. The molecular weight excluding hydrogens is 196 g/mol. The molecule has 4 heteroatoms. The van der Waals surface area contributed by atoms with Crippen molar-refractivity contribution in [3.05, 3.63) is 24.2 Å². The molecule has 84 valence electrons. The van der Waals surface area contributed by atoms with E-state index in [-0.39, 0.29) is 5.97 Å². The van der Waals surface area contributed by atoms with E-state index in [1.165, 1.54) is 7.11 Å². The Bertz CT molecular complexity index is 300. The van der Waals surface area contributed by atoms with Crippen molar-refractivity contribution in [2.45, 2.75) is 20.5 Å². The smallest absolute Gasteiger partial charge is 0.313 e. The van der Waals surface area contributed by atoms with Crippen LogP contribution in [0.25, 0.3) is 0 Å². The Morgan fingerprint density at radius 1 is 1.53 bits per heavy atom. The van der Waals surface area contributed by atoms with Crippen molar-refractivity contribution < 1.29 is 18.7 Å². The molecule has 0 aliphatic rings. The van der Waals surface area contributed by atoms with Gasteiger partial charge in [0.25, 0.3) is 0 Å². The Hall–Kier alpha value is -1.29. The van der Waals surface area contributed by atoms with Crippen LogP contribution in [0, 0.1) is 5.41 Å². The zero-order valence-corrected chi connectivity index (χ0v) is 9.28. The average molecular weight is 212 g/mol. The molecule has 4 nitrogen and oxygen atoms in total. The molecule has 1 heterocycles. The van der Waals surface area contributed by atoms with Gasteiger partial charge in [-0.25, -0.2) is 0 Å². The summed E-state index contributed by atoms with van der Waals surface area (Å²) in [5, 5.41) is 0. The first-order chi connectivity index (χ1) is 7.06. The summed E-state index contributed by atoms with van der Waals surface area (Å²) in [6.07, 6.45) is 1.59. The fraction of sp³-hybridized carbons (Fsp3) is 0.545. The van der Waals surface area contributed by atoms with Gasteiger partial charge in [-0.2, -0.15) is 0 Å². The maximum Gasteiger partial charge on any atom is 0.313 e. The van der Waals surface area contributed by atoms with E-state index in [0.717, 1.165) is 5.76 Å². The van der Waals surface area contributed by atoms with Crippen LogP contribution in [0.4, 0.5) is 0 Å². The van der Waals surface area contributed by atoms with Gasteiger partial charge in [-0.15, -0.1) is 0 Å². The number of carbonyl (C=O) groups is 1. The Labute approximate surface area is 89.2 Å². The van der Waals surface area contributed by atoms with Gasteiger partial charge in [0.2, 0.25) is 0 Å². The van der Waals surface area contributed by atoms with Crippen molar-refractivity contribution in [3.63, 3.8) is 0 Å². The largest absolute Gasteiger partial charge is 0.469 e. The van der Waals surface area contributed by atoms with Gasteiger partial charge in [-0.1, -0.05) is 0 Å². The lowest BCUT2D eigenvalue weighted by Gasteiger charge is -2.20. The fourth-order valence-corrected chi connectivity index (χ4v) is 1.14. The summed E-state index contributed by atoms with van der Waals surface area (Å²) in [5.41, 5.74) is -0.624. The van der Waals surface area contributed by atoms with Crippen molar-refractivity contribution in [2.24, 2.45) is 5.41 Å². The van der Waals surface area contributed by atoms with Gasteiger partial charge >= 0.3 is 5.97 Å². The van der Waals surface area contributed by atoms with Gasteiger partial charge in [0.05, 0.1) is 25.4 Å². The number of esters is 1. The summed E-state index contributed by atoms with van der Waals surface area (Å²) >= 11 is 0. The van der Waals surface area contributed by atoms with Gasteiger partial charge < -0.3 is 13.9 Å². The predicted molar refractivity (Wildman–Crippen MR) is 54.2 cm³/mol. The molecule has 0 aliphatic carbocycles. The first-order valence-corrected chi connectivity index (χ1v) is 4.75. The zero-order chi connectivity index (χ0) is 11.3. The highest BCUT2D eigenvalue weighted by Crippen LogP contribution is 2.18. The first kappa shape index (κ1) is 11.8. The van der Waals surface area contributed by atoms with Crippen LogP contribution in [0.3, 0.4) is 0 Å². The van der Waals surface area contributed by atoms with Crippen LogP contribution >= 0.6 is 0 Å². The second kappa shape index (κ2) is 4.98. The van der Waals surface area contributed by atoms with E-state index in [0.29, 0.717) is 13.2 Å². The maximum absolute atomic E-state index is 11.3. The molecule has 0 saturated heterocycles. The third-order valence-corrected chi connectivity index (χ3v) is 2.03. The zero-order valence-electron chi connectivity index (χ0n) is 9.28. The molecule has 1 aromatic heterocycles. The number of carbonyl (C=O) groups excluding carboxylic acids is 1. The molecule has 0 amide bonds. The third-order valence-electron chi connectivity index (χ3n) is 2.03. The minimum absolute atomic E-state index is 0.276. The van der Waals surface area contributed by atoms with Crippen LogP contribution in [-0.4, -0.2) is 19.7 Å². The van der Waals surface area contributed by atoms with Crippen molar-refractivity contribution in [3.8, 4) is 0 Å². The third kappa shape index (κ3) is 3.40. The van der Waals surface area contributed by atoms with Gasteiger partial charge in [0.15, 0.2) is 0 Å². The number of hydrogen-bond donors (Lipinski definition) is 0. The van der Waals surface area contributed by atoms with Gasteiger partial charge in [-0.05, 0) is 26.0 Å². The molecule has 1 aromatic rings. The molecule has 1 rings (SSSR count). The van der Waals surface area contributed by atoms with Crippen LogP contribution < -0.4 is 0 Å². The van der Waals surface area contributed by atoms with Gasteiger partial charge in [0, 0.05) is 0 Å². The number of ether oxygens (including phenoxy) is 2. The summed E-state index contributed by atoms with van der Waals surface area (Å²) < 4.78 is 15.1. The van der Waals surface area contributed by atoms with Crippen LogP contribution in [0.2, 0.25) is 0 Å². The molecule has 0 N–H and O–H groups in total. The summed E-state index contributed by atoms with van der Waals surface area (Å²) in [7, 11) is 1.37. The second-order valence-corrected chi connectivity index (χ2v) is 3.95.